The summed E-state index contributed by atoms with van der Waals surface area (Å²) < 4.78 is 27.8. The molecule has 2 aliphatic rings. The number of rotatable bonds is 5. The molecule has 0 spiro atoms. The molecule has 2 amide bonds. The van der Waals surface area contributed by atoms with Crippen LogP contribution in [0.1, 0.15) is 37.4 Å². The highest BCUT2D eigenvalue weighted by Crippen LogP contribution is 2.32. The lowest BCUT2D eigenvalue weighted by Gasteiger charge is -2.31. The van der Waals surface area contributed by atoms with E-state index in [1.54, 1.807) is 28.6 Å². The Hall–Kier alpha value is -2.78. The van der Waals surface area contributed by atoms with Gasteiger partial charge in [-0.1, -0.05) is 13.0 Å². The number of aromatic nitrogens is 1. The first-order chi connectivity index (χ1) is 15.2. The number of amides is 2. The van der Waals surface area contributed by atoms with E-state index in [0.717, 1.165) is 24.1 Å². The number of carbonyl (C=O) groups is 2. The Kier molecular flexibility index (Phi) is 6.30. The van der Waals surface area contributed by atoms with Crippen molar-refractivity contribution in [3.63, 3.8) is 0 Å². The fraction of sp³-hybridized carbons (Fsp3) is 0.435. The Morgan fingerprint density at radius 1 is 1.16 bits per heavy atom. The Bertz CT molecular complexity index is 1140. The summed E-state index contributed by atoms with van der Waals surface area (Å²) in [5, 5.41) is 2.72. The van der Waals surface area contributed by atoms with Crippen molar-refractivity contribution < 1.29 is 18.0 Å². The number of hydrogen-bond acceptors (Lipinski definition) is 5. The van der Waals surface area contributed by atoms with Crippen LogP contribution < -0.4 is 10.2 Å². The number of anilines is 2. The summed E-state index contributed by atoms with van der Waals surface area (Å²) in [5.41, 5.74) is 2.12. The van der Waals surface area contributed by atoms with Crippen molar-refractivity contribution in [3.05, 3.63) is 47.7 Å². The zero-order chi connectivity index (χ0) is 22.9. The molecule has 8 nitrogen and oxygen atoms in total. The zero-order valence-electron chi connectivity index (χ0n) is 18.4. The van der Waals surface area contributed by atoms with Crippen molar-refractivity contribution in [2.45, 2.75) is 44.4 Å². The van der Waals surface area contributed by atoms with Crippen LogP contribution in [0.3, 0.4) is 0 Å². The highest BCUT2D eigenvalue weighted by Gasteiger charge is 2.31. The second-order valence-corrected chi connectivity index (χ2v) is 10.5. The molecule has 0 aliphatic carbocycles. The first-order valence-electron chi connectivity index (χ1n) is 10.9. The van der Waals surface area contributed by atoms with E-state index in [2.05, 4.69) is 17.2 Å². The predicted octanol–water partition coefficient (Wildman–Crippen LogP) is 2.73. The van der Waals surface area contributed by atoms with Gasteiger partial charge in [0.05, 0.1) is 4.90 Å². The highest BCUT2D eigenvalue weighted by molar-refractivity contribution is 7.89. The maximum Gasteiger partial charge on any atom is 0.245 e. The molecule has 0 atom stereocenters. The lowest BCUT2D eigenvalue weighted by atomic mass is 10.0. The smallest absolute Gasteiger partial charge is 0.245 e. The van der Waals surface area contributed by atoms with Gasteiger partial charge in [-0.15, -0.1) is 0 Å². The number of piperidine rings is 1. The molecule has 1 aromatic carbocycles. The standard InChI is InChI=1S/C23H28N4O4S/c1-16-10-12-26(13-11-16)32(30,31)19-7-8-20-18(14-19)6-9-23(29)27(20)15-22(28)25-21-5-3-4-17(2)24-21/h3-5,7-8,14,16H,6,9-13,15H2,1-2H3,(H,24,25,28). The van der Waals surface area contributed by atoms with Gasteiger partial charge in [0.25, 0.3) is 0 Å². The maximum atomic E-state index is 13.1. The molecule has 0 bridgehead atoms. The van der Waals surface area contributed by atoms with Crippen LogP contribution in [0, 0.1) is 12.8 Å². The van der Waals surface area contributed by atoms with Gasteiger partial charge in [-0.05, 0) is 68.0 Å². The number of benzene rings is 1. The minimum Gasteiger partial charge on any atom is -0.309 e. The fourth-order valence-corrected chi connectivity index (χ4v) is 5.70. The van der Waals surface area contributed by atoms with E-state index >= 15 is 0 Å². The van der Waals surface area contributed by atoms with Gasteiger partial charge < -0.3 is 10.2 Å². The minimum absolute atomic E-state index is 0.155. The molecule has 0 saturated carbocycles. The molecule has 32 heavy (non-hydrogen) atoms. The van der Waals surface area contributed by atoms with E-state index in [1.807, 2.05) is 13.0 Å². The van der Waals surface area contributed by atoms with Gasteiger partial charge in [-0.2, -0.15) is 4.31 Å². The van der Waals surface area contributed by atoms with Crippen LogP contribution in [-0.2, 0) is 26.0 Å². The van der Waals surface area contributed by atoms with Gasteiger partial charge in [0.1, 0.15) is 12.4 Å². The number of aryl methyl sites for hydroxylation is 2. The maximum absolute atomic E-state index is 13.1. The summed E-state index contributed by atoms with van der Waals surface area (Å²) in [5.74, 6) is 0.441. The zero-order valence-corrected chi connectivity index (χ0v) is 19.2. The molecular formula is C23H28N4O4S. The van der Waals surface area contributed by atoms with Gasteiger partial charge in [0.2, 0.25) is 21.8 Å². The number of nitrogens with zero attached hydrogens (tertiary/aromatic N) is 3. The van der Waals surface area contributed by atoms with E-state index in [0.29, 0.717) is 36.9 Å². The number of carbonyl (C=O) groups excluding carboxylic acids is 2. The monoisotopic (exact) mass is 456 g/mol. The topological polar surface area (TPSA) is 99.7 Å². The van der Waals surface area contributed by atoms with Crippen molar-refractivity contribution in [2.75, 3.05) is 29.9 Å². The molecule has 1 fully saturated rings. The Labute approximate surface area is 188 Å². The van der Waals surface area contributed by atoms with Crippen LogP contribution in [0.5, 0.6) is 0 Å². The number of sulfonamides is 1. The highest BCUT2D eigenvalue weighted by atomic mass is 32.2. The molecule has 0 radical (unpaired) electrons. The first-order valence-corrected chi connectivity index (χ1v) is 12.3. The van der Waals surface area contributed by atoms with Crippen molar-refractivity contribution in [1.29, 1.82) is 0 Å². The lowest BCUT2D eigenvalue weighted by molar-refractivity contribution is -0.121. The van der Waals surface area contributed by atoms with Crippen molar-refractivity contribution in [3.8, 4) is 0 Å². The largest absolute Gasteiger partial charge is 0.309 e. The fourth-order valence-electron chi connectivity index (χ4n) is 4.18. The summed E-state index contributed by atoms with van der Waals surface area (Å²) in [4.78, 5) is 31.0. The molecule has 1 N–H and O–H groups in total. The molecule has 1 aromatic heterocycles. The molecule has 4 rings (SSSR count). The molecule has 2 aromatic rings. The molecular weight excluding hydrogens is 428 g/mol. The third-order valence-corrected chi connectivity index (χ3v) is 7.98. The SMILES string of the molecule is Cc1cccc(NC(=O)CN2C(=O)CCc3cc(S(=O)(=O)N4CCC(C)CC4)ccc32)n1. The van der Waals surface area contributed by atoms with Crippen LogP contribution >= 0.6 is 0 Å². The van der Waals surface area contributed by atoms with Crippen LogP contribution in [0.15, 0.2) is 41.3 Å². The van der Waals surface area contributed by atoms with Crippen LogP contribution in [0.2, 0.25) is 0 Å². The van der Waals surface area contributed by atoms with Crippen LogP contribution in [0.25, 0.3) is 0 Å². The van der Waals surface area contributed by atoms with Crippen molar-refractivity contribution in [1.82, 2.24) is 9.29 Å². The van der Waals surface area contributed by atoms with Gasteiger partial charge in [-0.25, -0.2) is 13.4 Å². The Balaban J connectivity index is 1.53. The van der Waals surface area contributed by atoms with Crippen LogP contribution in [0.4, 0.5) is 11.5 Å². The van der Waals surface area contributed by atoms with Gasteiger partial charge in [0, 0.05) is 30.9 Å². The molecule has 9 heteroatoms. The summed E-state index contributed by atoms with van der Waals surface area (Å²) >= 11 is 0. The summed E-state index contributed by atoms with van der Waals surface area (Å²) in [6.45, 7) is 4.87. The first kappa shape index (κ1) is 22.4. The van der Waals surface area contributed by atoms with Crippen LogP contribution in [-0.4, -0.2) is 49.2 Å². The molecule has 0 unspecified atom stereocenters. The third kappa shape index (κ3) is 4.68. The second kappa shape index (κ2) is 8.99. The number of nitrogens with one attached hydrogen (secondary N) is 1. The average Bonchev–Trinajstić information content (AvgIpc) is 2.75. The van der Waals surface area contributed by atoms with Gasteiger partial charge in [0.15, 0.2) is 0 Å². The minimum atomic E-state index is -3.58. The Morgan fingerprint density at radius 2 is 1.91 bits per heavy atom. The predicted molar refractivity (Wildman–Crippen MR) is 122 cm³/mol. The van der Waals surface area contributed by atoms with Crippen molar-refractivity contribution >= 4 is 33.3 Å². The average molecular weight is 457 g/mol. The summed E-state index contributed by atoms with van der Waals surface area (Å²) in [7, 11) is -3.58. The summed E-state index contributed by atoms with van der Waals surface area (Å²) in [6.07, 6.45) is 2.40. The van der Waals surface area contributed by atoms with E-state index in [9.17, 15) is 18.0 Å². The lowest BCUT2D eigenvalue weighted by Crippen LogP contribution is -2.41. The normalized spacial score (nSPS) is 17.8. The van der Waals surface area contributed by atoms with E-state index in [4.69, 9.17) is 0 Å². The summed E-state index contributed by atoms with van der Waals surface area (Å²) in [6, 6.07) is 10.2. The second-order valence-electron chi connectivity index (χ2n) is 8.57. The van der Waals surface area contributed by atoms with E-state index in [-0.39, 0.29) is 29.7 Å². The quantitative estimate of drug-likeness (QED) is 0.746. The third-order valence-electron chi connectivity index (χ3n) is 6.09. The molecule has 170 valence electrons. The number of fused-ring (bicyclic) bond motifs is 1. The number of pyridine rings is 1. The Morgan fingerprint density at radius 3 is 2.62 bits per heavy atom. The molecule has 2 aliphatic heterocycles. The molecule has 1 saturated heterocycles. The van der Waals surface area contributed by atoms with E-state index in [1.165, 1.54) is 11.0 Å². The molecule has 3 heterocycles. The van der Waals surface area contributed by atoms with Gasteiger partial charge >= 0.3 is 0 Å². The number of hydrogen-bond donors (Lipinski definition) is 1. The van der Waals surface area contributed by atoms with Gasteiger partial charge in [-0.3, -0.25) is 9.59 Å². The van der Waals surface area contributed by atoms with E-state index < -0.39 is 10.0 Å². The van der Waals surface area contributed by atoms with Crippen molar-refractivity contribution in [2.24, 2.45) is 5.92 Å².